The number of hydrogen-bond donors (Lipinski definition) is 1. The number of benzene rings is 3. The molecule has 1 aliphatic rings. The van der Waals surface area contributed by atoms with Crippen LogP contribution in [0.3, 0.4) is 0 Å². The molecule has 5 nitrogen and oxygen atoms in total. The van der Waals surface area contributed by atoms with Crippen LogP contribution in [-0.2, 0) is 16.1 Å². The Hall–Kier alpha value is -3.41. The largest absolute Gasteiger partial charge is 0.489 e. The van der Waals surface area contributed by atoms with Crippen molar-refractivity contribution in [2.24, 2.45) is 0 Å². The molecular formula is C29H31NO4. The Balaban J connectivity index is 1.39. The number of aryl methyl sites for hydroxylation is 1. The van der Waals surface area contributed by atoms with Gasteiger partial charge in [-0.15, -0.1) is 0 Å². The molecule has 0 bridgehead atoms. The van der Waals surface area contributed by atoms with E-state index in [0.29, 0.717) is 26.3 Å². The molecular weight excluding hydrogens is 426 g/mol. The van der Waals surface area contributed by atoms with Gasteiger partial charge in [-0.2, -0.15) is 0 Å². The third-order valence-electron chi connectivity index (χ3n) is 6.08. The van der Waals surface area contributed by atoms with Crippen molar-refractivity contribution in [2.45, 2.75) is 26.1 Å². The van der Waals surface area contributed by atoms with E-state index in [-0.39, 0.29) is 12.5 Å². The average Bonchev–Trinajstić information content (AvgIpc) is 2.86. The van der Waals surface area contributed by atoms with Crippen LogP contribution in [0.1, 0.15) is 40.3 Å². The molecule has 1 heterocycles. The van der Waals surface area contributed by atoms with Crippen LogP contribution in [0.25, 0.3) is 12.2 Å². The minimum atomic E-state index is -0.766. The van der Waals surface area contributed by atoms with E-state index < -0.39 is 5.97 Å². The van der Waals surface area contributed by atoms with E-state index in [1.54, 1.807) is 0 Å². The summed E-state index contributed by atoms with van der Waals surface area (Å²) in [5.41, 5.74) is 5.66. The zero-order valence-corrected chi connectivity index (χ0v) is 19.5. The van der Waals surface area contributed by atoms with Crippen molar-refractivity contribution in [2.75, 3.05) is 26.2 Å². The lowest BCUT2D eigenvalue weighted by Gasteiger charge is -2.33. The van der Waals surface area contributed by atoms with E-state index in [2.05, 4.69) is 60.4 Å². The number of carboxylic acid groups (broad SMARTS) is 1. The molecule has 0 amide bonds. The highest BCUT2D eigenvalue weighted by Crippen LogP contribution is 2.28. The Bertz CT molecular complexity index is 1130. The van der Waals surface area contributed by atoms with Crippen LogP contribution in [0.4, 0.5) is 0 Å². The quantitative estimate of drug-likeness (QED) is 0.424. The number of nitrogens with zero attached hydrogens (tertiary/aromatic N) is 1. The van der Waals surface area contributed by atoms with Gasteiger partial charge in [-0.3, -0.25) is 9.69 Å². The second-order valence-electron chi connectivity index (χ2n) is 8.55. The minimum absolute atomic E-state index is 0.0551. The van der Waals surface area contributed by atoms with Crippen molar-refractivity contribution in [3.05, 3.63) is 101 Å². The van der Waals surface area contributed by atoms with Gasteiger partial charge in [0.1, 0.15) is 12.4 Å². The molecule has 0 aliphatic carbocycles. The zero-order valence-electron chi connectivity index (χ0n) is 19.5. The Labute approximate surface area is 201 Å². The lowest BCUT2D eigenvalue weighted by molar-refractivity contribution is -0.137. The van der Waals surface area contributed by atoms with Gasteiger partial charge in [0.2, 0.25) is 0 Å². The van der Waals surface area contributed by atoms with E-state index in [4.69, 9.17) is 14.6 Å². The Morgan fingerprint density at radius 1 is 1.09 bits per heavy atom. The summed E-state index contributed by atoms with van der Waals surface area (Å²) in [5.74, 6) is 0.0551. The summed E-state index contributed by atoms with van der Waals surface area (Å²) in [5, 5.41) is 8.96. The standard InChI is InChI=1S/C29H31NO4/c1-22-19-26(13-14-27(22)28-20-30(17-18-33-28)16-15-29(31)32)34-21-25-10-6-5-9-24(25)12-11-23-7-3-2-4-8-23/h2-14,19,28H,15-18,20-21H2,1H3,(H,31,32). The number of carbonyl (C=O) groups is 1. The molecule has 0 spiro atoms. The van der Waals surface area contributed by atoms with E-state index in [1.165, 1.54) is 0 Å². The van der Waals surface area contributed by atoms with Crippen LogP contribution in [0.5, 0.6) is 5.75 Å². The van der Waals surface area contributed by atoms with Gasteiger partial charge in [0.05, 0.1) is 19.1 Å². The van der Waals surface area contributed by atoms with Crippen molar-refractivity contribution < 1.29 is 19.4 Å². The van der Waals surface area contributed by atoms with Crippen molar-refractivity contribution in [1.82, 2.24) is 4.90 Å². The molecule has 0 aromatic heterocycles. The first-order chi connectivity index (χ1) is 16.6. The van der Waals surface area contributed by atoms with Gasteiger partial charge in [0, 0.05) is 19.6 Å². The summed E-state index contributed by atoms with van der Waals surface area (Å²) in [6, 6.07) is 24.6. The van der Waals surface area contributed by atoms with E-state index >= 15 is 0 Å². The van der Waals surface area contributed by atoms with E-state index in [9.17, 15) is 4.79 Å². The van der Waals surface area contributed by atoms with Crippen LogP contribution in [-0.4, -0.2) is 42.2 Å². The molecule has 4 rings (SSSR count). The first-order valence-electron chi connectivity index (χ1n) is 11.7. The fourth-order valence-electron chi connectivity index (χ4n) is 4.19. The summed E-state index contributed by atoms with van der Waals surface area (Å²) >= 11 is 0. The summed E-state index contributed by atoms with van der Waals surface area (Å²) in [4.78, 5) is 13.1. The number of hydrogen-bond acceptors (Lipinski definition) is 4. The van der Waals surface area contributed by atoms with Crippen molar-refractivity contribution >= 4 is 18.1 Å². The Morgan fingerprint density at radius 3 is 2.68 bits per heavy atom. The summed E-state index contributed by atoms with van der Waals surface area (Å²) in [6.45, 7) is 5.18. The molecule has 1 saturated heterocycles. The molecule has 3 aromatic carbocycles. The van der Waals surface area contributed by atoms with Gasteiger partial charge in [-0.25, -0.2) is 0 Å². The summed E-state index contributed by atoms with van der Waals surface area (Å²) in [6.07, 6.45) is 4.33. The molecule has 5 heteroatoms. The second kappa shape index (κ2) is 11.6. The first kappa shape index (κ1) is 23.7. The van der Waals surface area contributed by atoms with Crippen LogP contribution in [0, 0.1) is 6.92 Å². The maximum atomic E-state index is 10.9. The first-order valence-corrected chi connectivity index (χ1v) is 11.7. The minimum Gasteiger partial charge on any atom is -0.489 e. The monoisotopic (exact) mass is 457 g/mol. The van der Waals surface area contributed by atoms with Gasteiger partial charge in [0.25, 0.3) is 0 Å². The van der Waals surface area contributed by atoms with Crippen molar-refractivity contribution in [3.8, 4) is 5.75 Å². The maximum Gasteiger partial charge on any atom is 0.304 e. The maximum absolute atomic E-state index is 10.9. The summed E-state index contributed by atoms with van der Waals surface area (Å²) < 4.78 is 12.1. The van der Waals surface area contributed by atoms with Gasteiger partial charge in [-0.1, -0.05) is 72.8 Å². The highest BCUT2D eigenvalue weighted by molar-refractivity contribution is 5.71. The van der Waals surface area contributed by atoms with Crippen LogP contribution in [0.15, 0.2) is 72.8 Å². The topological polar surface area (TPSA) is 59.0 Å². The predicted octanol–water partition coefficient (Wildman–Crippen LogP) is 5.59. The van der Waals surface area contributed by atoms with Crippen LogP contribution < -0.4 is 4.74 Å². The van der Waals surface area contributed by atoms with Crippen LogP contribution in [0.2, 0.25) is 0 Å². The molecule has 1 aliphatic heterocycles. The van der Waals surface area contributed by atoms with Crippen LogP contribution >= 0.6 is 0 Å². The zero-order chi connectivity index (χ0) is 23.8. The fourth-order valence-corrected chi connectivity index (χ4v) is 4.19. The fraction of sp³-hybridized carbons (Fsp3) is 0.276. The third-order valence-corrected chi connectivity index (χ3v) is 6.08. The van der Waals surface area contributed by atoms with Gasteiger partial charge < -0.3 is 14.6 Å². The molecule has 0 saturated carbocycles. The molecule has 1 atom stereocenters. The molecule has 1 N–H and O–H groups in total. The SMILES string of the molecule is Cc1cc(OCc2ccccc2C=Cc2ccccc2)ccc1C1CN(CCC(=O)O)CCO1. The molecule has 1 unspecified atom stereocenters. The van der Waals surface area contributed by atoms with Gasteiger partial charge in [0.15, 0.2) is 0 Å². The smallest absolute Gasteiger partial charge is 0.304 e. The lowest BCUT2D eigenvalue weighted by atomic mass is 10.0. The van der Waals surface area contributed by atoms with Crippen molar-refractivity contribution in [1.29, 1.82) is 0 Å². The van der Waals surface area contributed by atoms with Gasteiger partial charge in [-0.05, 0) is 46.9 Å². The van der Waals surface area contributed by atoms with Crippen molar-refractivity contribution in [3.63, 3.8) is 0 Å². The normalized spacial score (nSPS) is 16.6. The number of aliphatic carboxylic acids is 1. The van der Waals surface area contributed by atoms with E-state index in [1.807, 2.05) is 36.4 Å². The molecule has 3 aromatic rings. The average molecular weight is 458 g/mol. The molecule has 34 heavy (non-hydrogen) atoms. The summed E-state index contributed by atoms with van der Waals surface area (Å²) in [7, 11) is 0. The van der Waals surface area contributed by atoms with Gasteiger partial charge >= 0.3 is 5.97 Å². The number of rotatable bonds is 9. The number of carboxylic acids is 1. The number of ether oxygens (including phenoxy) is 2. The second-order valence-corrected chi connectivity index (χ2v) is 8.55. The Kier molecular flexibility index (Phi) is 8.12. The molecule has 176 valence electrons. The highest BCUT2D eigenvalue weighted by atomic mass is 16.5. The predicted molar refractivity (Wildman–Crippen MR) is 135 cm³/mol. The number of morpholine rings is 1. The Morgan fingerprint density at radius 2 is 1.88 bits per heavy atom. The third kappa shape index (κ3) is 6.56. The van der Waals surface area contributed by atoms with E-state index in [0.717, 1.165) is 40.1 Å². The molecule has 1 fully saturated rings. The molecule has 0 radical (unpaired) electrons. The lowest BCUT2D eigenvalue weighted by Crippen LogP contribution is -2.39. The highest BCUT2D eigenvalue weighted by Gasteiger charge is 2.23.